The third kappa shape index (κ3) is 3.78. The van der Waals surface area contributed by atoms with Crippen molar-refractivity contribution in [3.8, 4) is 11.1 Å². The van der Waals surface area contributed by atoms with Crippen LogP contribution in [-0.2, 0) is 4.65 Å². The lowest BCUT2D eigenvalue weighted by molar-refractivity contribution is -0.0893. The van der Waals surface area contributed by atoms with E-state index in [1.807, 2.05) is 13.8 Å². The molecule has 0 aliphatic heterocycles. The summed E-state index contributed by atoms with van der Waals surface area (Å²) in [5, 5.41) is 17.6. The maximum Gasteiger partial charge on any atom is 0.310 e. The molecule has 0 amide bonds. The van der Waals surface area contributed by atoms with Crippen LogP contribution in [0.2, 0.25) is 0 Å². The lowest BCUT2D eigenvalue weighted by Crippen LogP contribution is -2.49. The van der Waals surface area contributed by atoms with Gasteiger partial charge in [-0.1, -0.05) is 66.7 Å². The standard InChI is InChI=1S/C32H29BO3/c1-31(2,34)32(3,4)36-33-27-15-13-20-9-7-8-12-24(20)30(27)23-14-16-28-25(18-23)26-17-21-10-5-6-11-22(21)19-29(26)35-28/h5-19,33-34H,1-4H3. The third-order valence-corrected chi connectivity index (χ3v) is 7.70. The van der Waals surface area contributed by atoms with Crippen LogP contribution in [0.3, 0.4) is 0 Å². The SMILES string of the molecule is CC(C)(O)C(C)(C)OBc1ccc2ccccc2c1-c1ccc2oc3cc4ccccc4cc3c2c1. The summed E-state index contributed by atoms with van der Waals surface area (Å²) in [5.74, 6) is 0. The van der Waals surface area contributed by atoms with Gasteiger partial charge in [-0.2, -0.15) is 0 Å². The number of aliphatic hydroxyl groups is 1. The van der Waals surface area contributed by atoms with Gasteiger partial charge in [0.1, 0.15) is 11.2 Å². The van der Waals surface area contributed by atoms with Gasteiger partial charge in [-0.3, -0.25) is 0 Å². The Morgan fingerprint density at radius 1 is 0.667 bits per heavy atom. The molecular formula is C32H29BO3. The van der Waals surface area contributed by atoms with Gasteiger partial charge < -0.3 is 14.2 Å². The Bertz CT molecular complexity index is 1750. The fraction of sp³-hybridized carbons (Fsp3) is 0.188. The van der Waals surface area contributed by atoms with Crippen LogP contribution in [0.15, 0.2) is 95.4 Å². The summed E-state index contributed by atoms with van der Waals surface area (Å²) in [5.41, 5.74) is 3.46. The second-order valence-electron chi connectivity index (χ2n) is 10.7. The fourth-order valence-corrected chi connectivity index (χ4v) is 4.83. The summed E-state index contributed by atoms with van der Waals surface area (Å²) in [6, 6.07) is 31.9. The van der Waals surface area contributed by atoms with Crippen molar-refractivity contribution in [1.82, 2.24) is 0 Å². The van der Waals surface area contributed by atoms with Crippen LogP contribution in [0.1, 0.15) is 27.7 Å². The smallest absolute Gasteiger partial charge is 0.310 e. The zero-order valence-electron chi connectivity index (χ0n) is 21.1. The molecule has 36 heavy (non-hydrogen) atoms. The summed E-state index contributed by atoms with van der Waals surface area (Å²) in [6.07, 6.45) is 0. The van der Waals surface area contributed by atoms with Gasteiger partial charge in [0.05, 0.1) is 11.2 Å². The highest BCUT2D eigenvalue weighted by atomic mass is 16.5. The van der Waals surface area contributed by atoms with Crippen LogP contribution in [0.5, 0.6) is 0 Å². The van der Waals surface area contributed by atoms with Gasteiger partial charge in [0.25, 0.3) is 0 Å². The average molecular weight is 472 g/mol. The minimum absolute atomic E-state index is 0.395. The molecule has 0 saturated heterocycles. The molecule has 0 fully saturated rings. The number of furan rings is 1. The fourth-order valence-electron chi connectivity index (χ4n) is 4.83. The van der Waals surface area contributed by atoms with Gasteiger partial charge in [0, 0.05) is 10.8 Å². The first kappa shape index (κ1) is 22.8. The number of hydrogen-bond acceptors (Lipinski definition) is 3. The molecule has 0 aliphatic rings. The van der Waals surface area contributed by atoms with Crippen molar-refractivity contribution < 1.29 is 14.2 Å². The summed E-state index contributed by atoms with van der Waals surface area (Å²) in [4.78, 5) is 0. The van der Waals surface area contributed by atoms with Crippen molar-refractivity contribution in [2.75, 3.05) is 0 Å². The van der Waals surface area contributed by atoms with E-state index in [4.69, 9.17) is 9.07 Å². The molecule has 0 aliphatic carbocycles. The molecule has 0 radical (unpaired) electrons. The Kier molecular flexibility index (Phi) is 5.22. The Morgan fingerprint density at radius 3 is 2.08 bits per heavy atom. The highest BCUT2D eigenvalue weighted by Crippen LogP contribution is 2.36. The minimum atomic E-state index is -0.971. The van der Waals surface area contributed by atoms with Gasteiger partial charge in [-0.05, 0) is 90.1 Å². The highest BCUT2D eigenvalue weighted by molar-refractivity contribution is 6.50. The maximum absolute atomic E-state index is 10.6. The van der Waals surface area contributed by atoms with E-state index in [9.17, 15) is 5.11 Å². The van der Waals surface area contributed by atoms with E-state index in [0.29, 0.717) is 7.48 Å². The third-order valence-electron chi connectivity index (χ3n) is 7.70. The number of rotatable bonds is 5. The molecule has 0 saturated carbocycles. The summed E-state index contributed by atoms with van der Waals surface area (Å²) in [6.45, 7) is 7.44. The number of benzene rings is 5. The molecule has 0 atom stereocenters. The molecule has 5 aromatic carbocycles. The maximum atomic E-state index is 10.6. The molecule has 0 unspecified atom stereocenters. The molecule has 178 valence electrons. The summed E-state index contributed by atoms with van der Waals surface area (Å²) >= 11 is 0. The second kappa shape index (κ2) is 8.23. The topological polar surface area (TPSA) is 42.6 Å². The Hall–Kier alpha value is -3.60. The van der Waals surface area contributed by atoms with E-state index >= 15 is 0 Å². The van der Waals surface area contributed by atoms with Crippen molar-refractivity contribution in [3.05, 3.63) is 91.0 Å². The zero-order valence-corrected chi connectivity index (χ0v) is 21.1. The van der Waals surface area contributed by atoms with Crippen LogP contribution in [0.25, 0.3) is 54.6 Å². The van der Waals surface area contributed by atoms with E-state index in [0.717, 1.165) is 38.5 Å². The first-order valence-corrected chi connectivity index (χ1v) is 12.4. The van der Waals surface area contributed by atoms with Crippen molar-refractivity contribution in [2.45, 2.75) is 38.9 Å². The van der Waals surface area contributed by atoms with Gasteiger partial charge in [0.15, 0.2) is 0 Å². The van der Waals surface area contributed by atoms with Crippen LogP contribution in [-0.4, -0.2) is 23.8 Å². The van der Waals surface area contributed by atoms with E-state index in [1.54, 1.807) is 13.8 Å². The van der Waals surface area contributed by atoms with Crippen LogP contribution in [0, 0.1) is 0 Å². The molecule has 4 heteroatoms. The second-order valence-corrected chi connectivity index (χ2v) is 10.7. The van der Waals surface area contributed by atoms with E-state index in [2.05, 4.69) is 91.0 Å². The van der Waals surface area contributed by atoms with Gasteiger partial charge >= 0.3 is 7.48 Å². The molecule has 1 aromatic heterocycles. The van der Waals surface area contributed by atoms with Crippen molar-refractivity contribution >= 4 is 56.4 Å². The molecule has 6 rings (SSSR count). The first-order chi connectivity index (χ1) is 17.2. The van der Waals surface area contributed by atoms with Crippen molar-refractivity contribution in [2.24, 2.45) is 0 Å². The normalized spacial score (nSPS) is 12.7. The van der Waals surface area contributed by atoms with E-state index in [-0.39, 0.29) is 0 Å². The van der Waals surface area contributed by atoms with Gasteiger partial charge in [-0.25, -0.2) is 0 Å². The molecule has 1 N–H and O–H groups in total. The van der Waals surface area contributed by atoms with Crippen LogP contribution in [0.4, 0.5) is 0 Å². The summed E-state index contributed by atoms with van der Waals surface area (Å²) in [7, 11) is 0.395. The molecular weight excluding hydrogens is 443 g/mol. The first-order valence-electron chi connectivity index (χ1n) is 12.4. The molecule has 6 aromatic rings. The van der Waals surface area contributed by atoms with Gasteiger partial charge in [-0.15, -0.1) is 0 Å². The highest BCUT2D eigenvalue weighted by Gasteiger charge is 2.36. The predicted molar refractivity (Wildman–Crippen MR) is 152 cm³/mol. The predicted octanol–water partition coefficient (Wildman–Crippen LogP) is 7.10. The zero-order chi connectivity index (χ0) is 25.1. The summed E-state index contributed by atoms with van der Waals surface area (Å²) < 4.78 is 12.6. The average Bonchev–Trinajstić information content (AvgIpc) is 3.21. The van der Waals surface area contributed by atoms with Crippen molar-refractivity contribution in [3.63, 3.8) is 0 Å². The molecule has 1 heterocycles. The van der Waals surface area contributed by atoms with E-state index in [1.165, 1.54) is 21.5 Å². The van der Waals surface area contributed by atoms with Gasteiger partial charge in [0.2, 0.25) is 0 Å². The lowest BCUT2D eigenvalue weighted by atomic mass is 9.77. The monoisotopic (exact) mass is 472 g/mol. The van der Waals surface area contributed by atoms with Crippen LogP contribution < -0.4 is 5.46 Å². The molecule has 0 bridgehead atoms. The minimum Gasteiger partial charge on any atom is -0.456 e. The Balaban J connectivity index is 1.54. The lowest BCUT2D eigenvalue weighted by Gasteiger charge is -2.37. The molecule has 0 spiro atoms. The van der Waals surface area contributed by atoms with Crippen LogP contribution >= 0.6 is 0 Å². The Labute approximate surface area is 211 Å². The van der Waals surface area contributed by atoms with Crippen molar-refractivity contribution in [1.29, 1.82) is 0 Å². The molecule has 3 nitrogen and oxygen atoms in total. The Morgan fingerprint density at radius 2 is 1.33 bits per heavy atom. The quantitative estimate of drug-likeness (QED) is 0.272. The van der Waals surface area contributed by atoms with E-state index < -0.39 is 11.2 Å². The number of hydrogen-bond donors (Lipinski definition) is 1. The number of fused-ring (bicyclic) bond motifs is 5. The largest absolute Gasteiger partial charge is 0.456 e.